The predicted octanol–water partition coefficient (Wildman–Crippen LogP) is 5.00. The molecule has 22 heavy (non-hydrogen) atoms. The maximum atomic E-state index is 8.42. The van der Waals surface area contributed by atoms with Crippen LogP contribution in [0.4, 0.5) is 11.5 Å². The molecule has 0 bridgehead atoms. The van der Waals surface area contributed by atoms with E-state index < -0.39 is 6.64 Å². The zero-order chi connectivity index (χ0) is 17.6. The van der Waals surface area contributed by atoms with Crippen LogP contribution in [0.3, 0.4) is 0 Å². The van der Waals surface area contributed by atoms with Gasteiger partial charge in [0.05, 0.1) is 8.43 Å². The first-order valence-electron chi connectivity index (χ1n) is 8.42. The molecule has 0 radical (unpaired) electrons. The topological polar surface area (TPSA) is 28.5 Å². The van der Waals surface area contributed by atoms with Gasteiger partial charge in [-0.2, -0.15) is 0 Å². The van der Waals surface area contributed by atoms with Crippen LogP contribution in [-0.4, -0.2) is 17.8 Å². The molecule has 0 fully saturated rings. The van der Waals surface area contributed by atoms with Gasteiger partial charge in [0.25, 0.3) is 0 Å². The summed E-state index contributed by atoms with van der Waals surface area (Å²) in [6.07, 6.45) is 0.0770. The summed E-state index contributed by atoms with van der Waals surface area (Å²) in [7, 11) is 0. The molecule has 3 nitrogen and oxygen atoms in total. The Labute approximate surface area is 139 Å². The molecule has 1 aliphatic rings. The second-order valence-corrected chi connectivity index (χ2v) is 6.22. The van der Waals surface area contributed by atoms with Crippen molar-refractivity contribution in [2.45, 2.75) is 33.6 Å². The lowest BCUT2D eigenvalue weighted by atomic mass is 9.97. The van der Waals surface area contributed by atoms with E-state index in [1.54, 1.807) is 4.90 Å². The van der Waals surface area contributed by atoms with E-state index in [1.807, 2.05) is 32.0 Å². The van der Waals surface area contributed by atoms with Crippen molar-refractivity contribution >= 4 is 29.3 Å². The molecule has 1 aliphatic heterocycles. The molecule has 2 heterocycles. The molecule has 0 saturated carbocycles. The van der Waals surface area contributed by atoms with Crippen molar-refractivity contribution < 1.29 is 2.74 Å². The summed E-state index contributed by atoms with van der Waals surface area (Å²) in [4.78, 5) is 10.5. The van der Waals surface area contributed by atoms with Crippen LogP contribution in [0.1, 0.15) is 44.8 Å². The first kappa shape index (κ1) is 12.7. The molecule has 0 N–H and O–H groups in total. The van der Waals surface area contributed by atoms with Crippen molar-refractivity contribution in [3.63, 3.8) is 0 Å². The van der Waals surface area contributed by atoms with Crippen LogP contribution in [0.15, 0.2) is 29.3 Å². The zero-order valence-electron chi connectivity index (χ0n) is 15.2. The molecule has 2 aromatic rings. The monoisotopic (exact) mass is 315 g/mol. The molecule has 4 heteroatoms. The number of rotatable bonds is 2. The molecule has 1 atom stereocenters. The van der Waals surface area contributed by atoms with E-state index in [4.69, 9.17) is 14.3 Å². The number of halogens is 1. The summed E-state index contributed by atoms with van der Waals surface area (Å²) in [6.45, 7) is 7.17. The number of hydrogen-bond acceptors (Lipinski definition) is 3. The summed E-state index contributed by atoms with van der Waals surface area (Å²) in [6, 6.07) is 7.92. The molecule has 1 aromatic heterocycles. The van der Waals surface area contributed by atoms with Gasteiger partial charge >= 0.3 is 0 Å². The predicted molar refractivity (Wildman–Crippen MR) is 93.9 cm³/mol. The van der Waals surface area contributed by atoms with Crippen LogP contribution in [0, 0.1) is 13.8 Å². The molecule has 114 valence electrons. The van der Waals surface area contributed by atoms with Gasteiger partial charge in [0.1, 0.15) is 17.6 Å². The van der Waals surface area contributed by atoms with Crippen LogP contribution in [0.2, 0.25) is 5.15 Å². The molecule has 0 saturated heterocycles. The van der Waals surface area contributed by atoms with E-state index in [1.165, 1.54) is 0 Å². The quantitative estimate of drug-likeness (QED) is 0.729. The molecule has 0 spiro atoms. The number of benzene rings is 1. The van der Waals surface area contributed by atoms with Crippen molar-refractivity contribution in [3.8, 4) is 0 Å². The lowest BCUT2D eigenvalue weighted by Gasteiger charge is -2.31. The lowest BCUT2D eigenvalue weighted by Crippen LogP contribution is -2.25. The molecular formula is C18H20ClN3. The molecule has 0 amide bonds. The van der Waals surface area contributed by atoms with Gasteiger partial charge in [-0.05, 0) is 42.5 Å². The first-order valence-corrected chi connectivity index (χ1v) is 7.72. The second kappa shape index (κ2) is 5.73. The number of aromatic nitrogens is 1. The highest BCUT2D eigenvalue weighted by Crippen LogP contribution is 2.37. The maximum absolute atomic E-state index is 8.42. The summed E-state index contributed by atoms with van der Waals surface area (Å²) in [5, 5.41) is 0.389. The van der Waals surface area contributed by atoms with Crippen LogP contribution in [0.5, 0.6) is 0 Å². The highest BCUT2D eigenvalue weighted by Gasteiger charge is 2.23. The van der Waals surface area contributed by atoms with E-state index in [-0.39, 0.29) is 12.1 Å². The summed E-state index contributed by atoms with van der Waals surface area (Å²) in [5.74, 6) is 0.819. The standard InChI is InChI=1S/C18H20ClN3/c1-11(2)15-7-5-6-12(3)16(15)22-10-20-9-14-8-13(4)17(19)21-18(14)22/h5-9,11H,10H2,1-4H3/i9D,10D. The van der Waals surface area contributed by atoms with E-state index >= 15 is 0 Å². The van der Waals surface area contributed by atoms with Crippen LogP contribution in [0.25, 0.3) is 0 Å². The molecule has 1 unspecified atom stereocenters. The number of aryl methyl sites for hydroxylation is 2. The Morgan fingerprint density at radius 1 is 1.32 bits per heavy atom. The van der Waals surface area contributed by atoms with Crippen molar-refractivity contribution in [2.75, 3.05) is 11.5 Å². The number of para-hydroxylation sites is 1. The van der Waals surface area contributed by atoms with E-state index in [9.17, 15) is 0 Å². The van der Waals surface area contributed by atoms with Gasteiger partial charge in [-0.1, -0.05) is 43.6 Å². The number of pyridine rings is 1. The van der Waals surface area contributed by atoms with Gasteiger partial charge in [-0.3, -0.25) is 4.99 Å². The van der Waals surface area contributed by atoms with Gasteiger partial charge in [0.15, 0.2) is 0 Å². The number of nitrogens with zero attached hydrogens (tertiary/aromatic N) is 3. The average Bonchev–Trinajstić information content (AvgIpc) is 2.50. The third kappa shape index (κ3) is 2.50. The molecule has 1 aromatic carbocycles. The third-order valence-electron chi connectivity index (χ3n) is 3.85. The fourth-order valence-corrected chi connectivity index (χ4v) is 2.83. The minimum atomic E-state index is -0.949. The third-order valence-corrected chi connectivity index (χ3v) is 4.23. The van der Waals surface area contributed by atoms with Crippen molar-refractivity contribution in [1.29, 1.82) is 0 Å². The highest BCUT2D eigenvalue weighted by atomic mass is 35.5. The van der Waals surface area contributed by atoms with Gasteiger partial charge in [-0.25, -0.2) is 4.98 Å². The maximum Gasteiger partial charge on any atom is 0.145 e. The minimum Gasteiger partial charge on any atom is -0.305 e. The molecule has 0 aliphatic carbocycles. The van der Waals surface area contributed by atoms with Crippen LogP contribution < -0.4 is 4.90 Å². The van der Waals surface area contributed by atoms with Crippen LogP contribution in [-0.2, 0) is 0 Å². The fourth-order valence-electron chi connectivity index (χ4n) is 2.70. The Morgan fingerprint density at radius 3 is 2.82 bits per heavy atom. The smallest absolute Gasteiger partial charge is 0.145 e. The Hall–Kier alpha value is -1.87. The average molecular weight is 316 g/mol. The van der Waals surface area contributed by atoms with Crippen molar-refractivity contribution in [3.05, 3.63) is 51.7 Å². The SMILES string of the molecule is [2H]C1=NC([2H])N(c2c(C)cccc2C(C)C)c2nc(Cl)c(C)cc21. The minimum absolute atomic E-state index is 0.0770. The Balaban J connectivity index is 2.30. The van der Waals surface area contributed by atoms with E-state index in [0.29, 0.717) is 16.5 Å². The Kier molecular flexibility index (Phi) is 3.29. The number of aliphatic imine (C=N–C) groups is 1. The van der Waals surface area contributed by atoms with Crippen molar-refractivity contribution in [2.24, 2.45) is 4.99 Å². The summed E-state index contributed by atoms with van der Waals surface area (Å²) < 4.78 is 16.5. The number of fused-ring (bicyclic) bond motifs is 1. The second-order valence-electron chi connectivity index (χ2n) is 5.86. The van der Waals surface area contributed by atoms with Gasteiger partial charge in [0.2, 0.25) is 0 Å². The van der Waals surface area contributed by atoms with E-state index in [0.717, 1.165) is 22.4 Å². The van der Waals surface area contributed by atoms with Gasteiger partial charge < -0.3 is 4.90 Å². The van der Waals surface area contributed by atoms with Gasteiger partial charge in [0, 0.05) is 11.8 Å². The number of anilines is 2. The summed E-state index contributed by atoms with van der Waals surface area (Å²) >= 11 is 6.24. The lowest BCUT2D eigenvalue weighted by molar-refractivity contribution is 0.842. The zero-order valence-corrected chi connectivity index (χ0v) is 13.9. The van der Waals surface area contributed by atoms with Crippen LogP contribution >= 0.6 is 11.6 Å². The number of hydrogen-bond donors (Lipinski definition) is 0. The molecule has 3 rings (SSSR count). The van der Waals surface area contributed by atoms with E-state index in [2.05, 4.69) is 29.9 Å². The molecular weight excluding hydrogens is 294 g/mol. The Morgan fingerprint density at radius 2 is 2.09 bits per heavy atom. The summed E-state index contributed by atoms with van der Waals surface area (Å²) in [5.41, 5.74) is 4.51. The van der Waals surface area contributed by atoms with Gasteiger partial charge in [-0.15, -0.1) is 0 Å². The first-order chi connectivity index (χ1) is 11.3. The highest BCUT2D eigenvalue weighted by molar-refractivity contribution is 6.30. The normalized spacial score (nSPS) is 18.7. The largest absolute Gasteiger partial charge is 0.305 e. The Bertz CT molecular complexity index is 833. The van der Waals surface area contributed by atoms with Crippen molar-refractivity contribution in [1.82, 2.24) is 4.98 Å². The fraction of sp³-hybridized carbons (Fsp3) is 0.333.